The molecule has 0 aliphatic carbocycles. The molecule has 0 atom stereocenters. The van der Waals surface area contributed by atoms with Crippen molar-refractivity contribution in [2.45, 2.75) is 13.1 Å². The number of hydrogen-bond donors (Lipinski definition) is 0. The molecule has 1 aliphatic heterocycles. The molecule has 1 aromatic heterocycles. The van der Waals surface area contributed by atoms with Gasteiger partial charge >= 0.3 is 0 Å². The van der Waals surface area contributed by atoms with Crippen molar-refractivity contribution in [3.8, 4) is 0 Å². The van der Waals surface area contributed by atoms with E-state index in [4.69, 9.17) is 4.74 Å². The molecule has 5 rings (SSSR count). The number of nitrogens with zero attached hydrogens (tertiary/aromatic N) is 3. The Morgan fingerprint density at radius 3 is 2.42 bits per heavy atom. The number of fused-ring (bicyclic) bond motifs is 1. The number of para-hydroxylation sites is 2. The molecule has 0 unspecified atom stereocenters. The Labute approximate surface area is 194 Å². The molecule has 4 aromatic rings. The second-order valence-corrected chi connectivity index (χ2v) is 8.56. The molecule has 0 saturated carbocycles. The molecule has 5 heteroatoms. The molecular formula is C28H29N3O2. The first-order chi connectivity index (χ1) is 16.2. The van der Waals surface area contributed by atoms with Crippen LogP contribution in [0.3, 0.4) is 0 Å². The lowest BCUT2D eigenvalue weighted by molar-refractivity contribution is 0.0786. The van der Waals surface area contributed by atoms with Gasteiger partial charge in [0.1, 0.15) is 0 Å². The van der Waals surface area contributed by atoms with Crippen LogP contribution in [0, 0.1) is 0 Å². The number of rotatable bonds is 6. The average molecular weight is 440 g/mol. The minimum atomic E-state index is 0.0368. The van der Waals surface area contributed by atoms with Crippen LogP contribution in [0.4, 0.5) is 5.69 Å². The zero-order chi connectivity index (χ0) is 22.6. The second kappa shape index (κ2) is 9.51. The van der Waals surface area contributed by atoms with Crippen molar-refractivity contribution in [1.29, 1.82) is 0 Å². The van der Waals surface area contributed by atoms with Crippen molar-refractivity contribution in [3.63, 3.8) is 0 Å². The van der Waals surface area contributed by atoms with E-state index in [1.54, 1.807) is 0 Å². The van der Waals surface area contributed by atoms with Crippen molar-refractivity contribution in [3.05, 3.63) is 102 Å². The zero-order valence-electron chi connectivity index (χ0n) is 19.0. The highest BCUT2D eigenvalue weighted by atomic mass is 16.5. The lowest BCUT2D eigenvalue weighted by atomic mass is 10.1. The number of benzene rings is 3. The van der Waals surface area contributed by atoms with Gasteiger partial charge in [0.2, 0.25) is 0 Å². The van der Waals surface area contributed by atoms with Crippen LogP contribution in [0.2, 0.25) is 0 Å². The maximum atomic E-state index is 13.6. The molecule has 0 bridgehead atoms. The van der Waals surface area contributed by atoms with E-state index in [0.29, 0.717) is 6.54 Å². The lowest BCUT2D eigenvalue weighted by Crippen LogP contribution is -2.37. The molecule has 3 aromatic carbocycles. The Hall–Kier alpha value is -3.57. The van der Waals surface area contributed by atoms with Gasteiger partial charge in [-0.25, -0.2) is 0 Å². The van der Waals surface area contributed by atoms with Gasteiger partial charge in [-0.3, -0.25) is 4.79 Å². The van der Waals surface area contributed by atoms with Crippen LogP contribution in [0.1, 0.15) is 21.5 Å². The van der Waals surface area contributed by atoms with Crippen LogP contribution in [0.25, 0.3) is 10.9 Å². The standard InChI is InChI=1S/C28H29N3O2/c1-29(20-23-11-5-7-13-26(23)30-15-17-33-18-16-30)28(32)25-21-31(19-22-9-3-2-4-10-22)27-14-8-6-12-24(25)27/h2-14,21H,15-20H2,1H3. The smallest absolute Gasteiger partial charge is 0.256 e. The maximum absolute atomic E-state index is 13.6. The monoisotopic (exact) mass is 439 g/mol. The molecule has 0 radical (unpaired) electrons. The van der Waals surface area contributed by atoms with Crippen LogP contribution >= 0.6 is 0 Å². The highest BCUT2D eigenvalue weighted by Gasteiger charge is 2.21. The van der Waals surface area contributed by atoms with Gasteiger partial charge in [-0.15, -0.1) is 0 Å². The second-order valence-electron chi connectivity index (χ2n) is 8.56. The van der Waals surface area contributed by atoms with Gasteiger partial charge in [0.25, 0.3) is 5.91 Å². The van der Waals surface area contributed by atoms with Gasteiger partial charge < -0.3 is 19.1 Å². The summed E-state index contributed by atoms with van der Waals surface area (Å²) in [4.78, 5) is 17.8. The summed E-state index contributed by atoms with van der Waals surface area (Å²) < 4.78 is 7.69. The summed E-state index contributed by atoms with van der Waals surface area (Å²) in [5.74, 6) is 0.0368. The van der Waals surface area contributed by atoms with E-state index in [9.17, 15) is 4.79 Å². The maximum Gasteiger partial charge on any atom is 0.256 e. The third-order valence-electron chi connectivity index (χ3n) is 6.31. The largest absolute Gasteiger partial charge is 0.378 e. The van der Waals surface area contributed by atoms with E-state index >= 15 is 0 Å². The van der Waals surface area contributed by atoms with Crippen LogP contribution in [-0.2, 0) is 17.8 Å². The summed E-state index contributed by atoms with van der Waals surface area (Å²) in [5.41, 5.74) is 5.37. The molecule has 1 aliphatic rings. The minimum absolute atomic E-state index is 0.0368. The van der Waals surface area contributed by atoms with Gasteiger partial charge in [0.05, 0.1) is 18.8 Å². The highest BCUT2D eigenvalue weighted by Crippen LogP contribution is 2.26. The summed E-state index contributed by atoms with van der Waals surface area (Å²) in [7, 11) is 1.89. The summed E-state index contributed by atoms with van der Waals surface area (Å²) in [5, 5.41) is 0.992. The van der Waals surface area contributed by atoms with E-state index in [0.717, 1.165) is 54.9 Å². The van der Waals surface area contributed by atoms with Gasteiger partial charge in [0.15, 0.2) is 0 Å². The number of hydrogen-bond acceptors (Lipinski definition) is 3. The van der Waals surface area contributed by atoms with E-state index in [2.05, 4.69) is 45.9 Å². The first kappa shape index (κ1) is 21.3. The molecule has 168 valence electrons. The predicted molar refractivity (Wildman–Crippen MR) is 133 cm³/mol. The molecular weight excluding hydrogens is 410 g/mol. The Balaban J connectivity index is 1.41. The Kier molecular flexibility index (Phi) is 6.13. The molecule has 0 N–H and O–H groups in total. The van der Waals surface area contributed by atoms with Gasteiger partial charge in [0, 0.05) is 56.0 Å². The fraction of sp³-hybridized carbons (Fsp3) is 0.250. The SMILES string of the molecule is CN(Cc1ccccc1N1CCOCC1)C(=O)c1cn(Cc2ccccc2)c2ccccc12. The normalized spacial score (nSPS) is 13.9. The number of anilines is 1. The third-order valence-corrected chi connectivity index (χ3v) is 6.31. The van der Waals surface area contributed by atoms with Crippen molar-refractivity contribution in [2.75, 3.05) is 38.3 Å². The van der Waals surface area contributed by atoms with E-state index in [1.165, 1.54) is 11.3 Å². The van der Waals surface area contributed by atoms with Crippen molar-refractivity contribution < 1.29 is 9.53 Å². The molecule has 1 saturated heterocycles. The van der Waals surface area contributed by atoms with E-state index in [1.807, 2.05) is 60.6 Å². The van der Waals surface area contributed by atoms with E-state index in [-0.39, 0.29) is 5.91 Å². The number of aromatic nitrogens is 1. The van der Waals surface area contributed by atoms with E-state index < -0.39 is 0 Å². The molecule has 0 spiro atoms. The summed E-state index contributed by atoms with van der Waals surface area (Å²) in [6.45, 7) is 4.53. The number of carbonyl (C=O) groups excluding carboxylic acids is 1. The highest BCUT2D eigenvalue weighted by molar-refractivity contribution is 6.07. The molecule has 2 heterocycles. The van der Waals surface area contributed by atoms with Gasteiger partial charge in [-0.2, -0.15) is 0 Å². The molecule has 5 nitrogen and oxygen atoms in total. The predicted octanol–water partition coefficient (Wildman–Crippen LogP) is 4.80. The van der Waals surface area contributed by atoms with Crippen LogP contribution in [-0.4, -0.2) is 48.7 Å². The van der Waals surface area contributed by atoms with Crippen molar-refractivity contribution in [1.82, 2.24) is 9.47 Å². The fourth-order valence-corrected chi connectivity index (χ4v) is 4.62. The lowest BCUT2D eigenvalue weighted by Gasteiger charge is -2.31. The first-order valence-corrected chi connectivity index (χ1v) is 11.5. The number of carbonyl (C=O) groups is 1. The van der Waals surface area contributed by atoms with Crippen LogP contribution < -0.4 is 4.90 Å². The fourth-order valence-electron chi connectivity index (χ4n) is 4.62. The van der Waals surface area contributed by atoms with Crippen LogP contribution in [0.15, 0.2) is 85.1 Å². The summed E-state index contributed by atoms with van der Waals surface area (Å²) in [6, 6.07) is 26.9. The van der Waals surface area contributed by atoms with Crippen molar-refractivity contribution >= 4 is 22.5 Å². The summed E-state index contributed by atoms with van der Waals surface area (Å²) in [6.07, 6.45) is 2.00. The van der Waals surface area contributed by atoms with Gasteiger partial charge in [-0.1, -0.05) is 66.7 Å². The minimum Gasteiger partial charge on any atom is -0.378 e. The third kappa shape index (κ3) is 4.50. The summed E-state index contributed by atoms with van der Waals surface area (Å²) >= 11 is 0. The zero-order valence-corrected chi connectivity index (χ0v) is 19.0. The number of ether oxygens (including phenoxy) is 1. The molecule has 33 heavy (non-hydrogen) atoms. The number of amides is 1. The number of morpholine rings is 1. The Morgan fingerprint density at radius 1 is 0.909 bits per heavy atom. The van der Waals surface area contributed by atoms with Crippen molar-refractivity contribution in [2.24, 2.45) is 0 Å². The van der Waals surface area contributed by atoms with Gasteiger partial charge in [-0.05, 0) is 23.3 Å². The average Bonchev–Trinajstić information content (AvgIpc) is 3.23. The first-order valence-electron chi connectivity index (χ1n) is 11.5. The topological polar surface area (TPSA) is 37.7 Å². The van der Waals surface area contributed by atoms with Crippen LogP contribution in [0.5, 0.6) is 0 Å². The quantitative estimate of drug-likeness (QED) is 0.433. The Morgan fingerprint density at radius 2 is 1.61 bits per heavy atom. The molecule has 1 fully saturated rings. The molecule has 1 amide bonds. The Bertz CT molecular complexity index is 1240.